The van der Waals surface area contributed by atoms with Gasteiger partial charge in [-0.2, -0.15) is 0 Å². The van der Waals surface area contributed by atoms with Gasteiger partial charge in [0.2, 0.25) is 0 Å². The van der Waals surface area contributed by atoms with Crippen molar-refractivity contribution in [3.8, 4) is 0 Å². The summed E-state index contributed by atoms with van der Waals surface area (Å²) in [6, 6.07) is 7.06. The number of benzene rings is 1. The number of halogens is 1. The van der Waals surface area contributed by atoms with Gasteiger partial charge in [-0.3, -0.25) is 0 Å². The van der Waals surface area contributed by atoms with Crippen molar-refractivity contribution >= 4 is 0 Å². The summed E-state index contributed by atoms with van der Waals surface area (Å²) in [6.45, 7) is 4.55. The highest BCUT2D eigenvalue weighted by Crippen LogP contribution is 2.08. The summed E-state index contributed by atoms with van der Waals surface area (Å²) in [5, 5.41) is 12.4. The standard InChI is InChI=1S/C13H20FNO/c1-10(15-8-7-11(2)16)9-12-5-3-4-6-13(12)14/h3-6,10-11,15-16H,7-9H2,1-2H3. The molecule has 0 aliphatic heterocycles. The Balaban J connectivity index is 2.34. The first kappa shape index (κ1) is 13.1. The summed E-state index contributed by atoms with van der Waals surface area (Å²) >= 11 is 0. The van der Waals surface area contributed by atoms with Crippen LogP contribution < -0.4 is 5.32 Å². The highest BCUT2D eigenvalue weighted by Gasteiger charge is 2.06. The van der Waals surface area contributed by atoms with Crippen LogP contribution in [0.3, 0.4) is 0 Å². The molecule has 0 spiro atoms. The third kappa shape index (κ3) is 4.73. The van der Waals surface area contributed by atoms with Crippen LogP contribution in [0.15, 0.2) is 24.3 Å². The van der Waals surface area contributed by atoms with Gasteiger partial charge in [0, 0.05) is 6.04 Å². The molecule has 0 aliphatic rings. The normalized spacial score (nSPS) is 14.8. The van der Waals surface area contributed by atoms with Crippen LogP contribution in [0.2, 0.25) is 0 Å². The van der Waals surface area contributed by atoms with E-state index in [0.29, 0.717) is 6.42 Å². The fourth-order valence-electron chi connectivity index (χ4n) is 1.60. The van der Waals surface area contributed by atoms with Gasteiger partial charge in [0.1, 0.15) is 5.82 Å². The van der Waals surface area contributed by atoms with Crippen LogP contribution in [0.5, 0.6) is 0 Å². The van der Waals surface area contributed by atoms with E-state index in [4.69, 9.17) is 5.11 Å². The molecule has 0 fully saturated rings. The minimum absolute atomic E-state index is 0.147. The van der Waals surface area contributed by atoms with Crippen LogP contribution in [0.25, 0.3) is 0 Å². The van der Waals surface area contributed by atoms with E-state index in [0.717, 1.165) is 18.5 Å². The van der Waals surface area contributed by atoms with E-state index in [9.17, 15) is 4.39 Å². The van der Waals surface area contributed by atoms with Gasteiger partial charge in [0.05, 0.1) is 6.10 Å². The van der Waals surface area contributed by atoms with Crippen molar-refractivity contribution in [3.63, 3.8) is 0 Å². The van der Waals surface area contributed by atoms with Crippen molar-refractivity contribution in [2.75, 3.05) is 6.54 Å². The number of aliphatic hydroxyl groups is 1. The molecule has 2 atom stereocenters. The van der Waals surface area contributed by atoms with Gasteiger partial charge in [0.25, 0.3) is 0 Å². The third-order valence-corrected chi connectivity index (χ3v) is 2.54. The average molecular weight is 225 g/mol. The van der Waals surface area contributed by atoms with Gasteiger partial charge >= 0.3 is 0 Å². The molecule has 3 heteroatoms. The number of rotatable bonds is 6. The first-order chi connectivity index (χ1) is 7.59. The number of aliphatic hydroxyl groups excluding tert-OH is 1. The first-order valence-corrected chi connectivity index (χ1v) is 5.74. The predicted octanol–water partition coefficient (Wildman–Crippen LogP) is 2.12. The lowest BCUT2D eigenvalue weighted by atomic mass is 10.1. The zero-order chi connectivity index (χ0) is 12.0. The van der Waals surface area contributed by atoms with E-state index in [1.807, 2.05) is 19.1 Å². The molecule has 1 aromatic carbocycles. The summed E-state index contributed by atoms with van der Waals surface area (Å²) in [5.74, 6) is -0.147. The fraction of sp³-hybridized carbons (Fsp3) is 0.538. The lowest BCUT2D eigenvalue weighted by molar-refractivity contribution is 0.182. The van der Waals surface area contributed by atoms with Crippen molar-refractivity contribution in [2.24, 2.45) is 0 Å². The van der Waals surface area contributed by atoms with Crippen molar-refractivity contribution in [1.82, 2.24) is 5.32 Å². The Hall–Kier alpha value is -0.930. The smallest absolute Gasteiger partial charge is 0.126 e. The minimum Gasteiger partial charge on any atom is -0.393 e. The summed E-state index contributed by atoms with van der Waals surface area (Å²) in [6.07, 6.45) is 1.11. The molecular formula is C13H20FNO. The third-order valence-electron chi connectivity index (χ3n) is 2.54. The van der Waals surface area contributed by atoms with Crippen LogP contribution in [-0.4, -0.2) is 23.8 Å². The highest BCUT2D eigenvalue weighted by molar-refractivity contribution is 5.18. The van der Waals surface area contributed by atoms with Gasteiger partial charge in [-0.15, -0.1) is 0 Å². The molecule has 0 aliphatic carbocycles. The average Bonchev–Trinajstić information content (AvgIpc) is 2.21. The quantitative estimate of drug-likeness (QED) is 0.777. The lowest BCUT2D eigenvalue weighted by Gasteiger charge is -2.14. The number of hydrogen-bond acceptors (Lipinski definition) is 2. The van der Waals surface area contributed by atoms with E-state index in [-0.39, 0.29) is 18.0 Å². The second kappa shape index (κ2) is 6.61. The first-order valence-electron chi connectivity index (χ1n) is 5.74. The van der Waals surface area contributed by atoms with Gasteiger partial charge in [0.15, 0.2) is 0 Å². The zero-order valence-electron chi connectivity index (χ0n) is 9.91. The Kier molecular flexibility index (Phi) is 5.43. The number of nitrogens with one attached hydrogen (secondary N) is 1. The SMILES string of the molecule is CC(O)CCNC(C)Cc1ccccc1F. The molecule has 0 saturated heterocycles. The van der Waals surface area contributed by atoms with Gasteiger partial charge in [-0.1, -0.05) is 18.2 Å². The second-order valence-corrected chi connectivity index (χ2v) is 4.29. The molecular weight excluding hydrogens is 205 g/mol. The zero-order valence-corrected chi connectivity index (χ0v) is 9.91. The van der Waals surface area contributed by atoms with Crippen LogP contribution in [0.4, 0.5) is 4.39 Å². The molecule has 0 heterocycles. The maximum absolute atomic E-state index is 13.3. The van der Waals surface area contributed by atoms with E-state index >= 15 is 0 Å². The summed E-state index contributed by atoms with van der Waals surface area (Å²) in [7, 11) is 0. The van der Waals surface area contributed by atoms with Gasteiger partial charge in [-0.05, 0) is 44.9 Å². The van der Waals surface area contributed by atoms with E-state index in [2.05, 4.69) is 5.32 Å². The molecule has 1 rings (SSSR count). The second-order valence-electron chi connectivity index (χ2n) is 4.29. The van der Waals surface area contributed by atoms with Crippen molar-refractivity contribution in [1.29, 1.82) is 0 Å². The maximum atomic E-state index is 13.3. The summed E-state index contributed by atoms with van der Waals surface area (Å²) in [5.41, 5.74) is 0.736. The monoisotopic (exact) mass is 225 g/mol. The summed E-state index contributed by atoms with van der Waals surface area (Å²) in [4.78, 5) is 0. The Morgan fingerprint density at radius 2 is 2.00 bits per heavy atom. The minimum atomic E-state index is -0.284. The van der Waals surface area contributed by atoms with Gasteiger partial charge in [-0.25, -0.2) is 4.39 Å². The van der Waals surface area contributed by atoms with Crippen LogP contribution in [-0.2, 0) is 6.42 Å². The molecule has 2 N–H and O–H groups in total. The molecule has 0 saturated carbocycles. The van der Waals surface area contributed by atoms with Crippen LogP contribution in [0, 0.1) is 5.82 Å². The molecule has 1 aromatic rings. The van der Waals surface area contributed by atoms with E-state index in [1.165, 1.54) is 6.07 Å². The molecule has 0 radical (unpaired) electrons. The molecule has 0 aromatic heterocycles. The Morgan fingerprint density at radius 3 is 2.62 bits per heavy atom. The van der Waals surface area contributed by atoms with Crippen molar-refractivity contribution in [3.05, 3.63) is 35.6 Å². The molecule has 2 nitrogen and oxygen atoms in total. The lowest BCUT2D eigenvalue weighted by Crippen LogP contribution is -2.30. The highest BCUT2D eigenvalue weighted by atomic mass is 19.1. The van der Waals surface area contributed by atoms with E-state index in [1.54, 1.807) is 13.0 Å². The van der Waals surface area contributed by atoms with Crippen molar-refractivity contribution in [2.45, 2.75) is 38.8 Å². The predicted molar refractivity (Wildman–Crippen MR) is 63.9 cm³/mol. The van der Waals surface area contributed by atoms with Gasteiger partial charge < -0.3 is 10.4 Å². The van der Waals surface area contributed by atoms with Crippen molar-refractivity contribution < 1.29 is 9.50 Å². The fourth-order valence-corrected chi connectivity index (χ4v) is 1.60. The molecule has 0 amide bonds. The molecule has 2 unspecified atom stereocenters. The van der Waals surface area contributed by atoms with E-state index < -0.39 is 0 Å². The largest absolute Gasteiger partial charge is 0.393 e. The molecule has 90 valence electrons. The van der Waals surface area contributed by atoms with Crippen LogP contribution in [0.1, 0.15) is 25.8 Å². The Bertz CT molecular complexity index is 315. The van der Waals surface area contributed by atoms with Crippen LogP contribution >= 0.6 is 0 Å². The maximum Gasteiger partial charge on any atom is 0.126 e. The Labute approximate surface area is 96.5 Å². The number of hydrogen-bond donors (Lipinski definition) is 2. The molecule has 0 bridgehead atoms. The topological polar surface area (TPSA) is 32.3 Å². The Morgan fingerprint density at radius 1 is 1.31 bits per heavy atom. The summed E-state index contributed by atoms with van der Waals surface area (Å²) < 4.78 is 13.3. The molecule has 16 heavy (non-hydrogen) atoms.